The van der Waals surface area contributed by atoms with Crippen molar-refractivity contribution in [3.63, 3.8) is 0 Å². The summed E-state index contributed by atoms with van der Waals surface area (Å²) in [6, 6.07) is 0.788. The number of fused-ring (bicyclic) bond motifs is 1. The van der Waals surface area contributed by atoms with Crippen molar-refractivity contribution in [1.82, 2.24) is 9.78 Å². The van der Waals surface area contributed by atoms with Crippen LogP contribution in [0.4, 0.5) is 0 Å². The molecule has 13 heavy (non-hydrogen) atoms. The zero-order valence-electron chi connectivity index (χ0n) is 8.33. The minimum atomic E-state index is 0.335. The SMILES string of the molecule is CC(C)n1ncc2c1C[C@@H](N)CC2. The van der Waals surface area contributed by atoms with Crippen molar-refractivity contribution in [1.29, 1.82) is 0 Å². The van der Waals surface area contributed by atoms with E-state index in [1.54, 1.807) is 0 Å². The number of rotatable bonds is 1. The molecule has 0 fully saturated rings. The number of hydrogen-bond acceptors (Lipinski definition) is 2. The lowest BCUT2D eigenvalue weighted by atomic mass is 9.94. The summed E-state index contributed by atoms with van der Waals surface area (Å²) in [5.41, 5.74) is 8.69. The molecule has 1 aromatic heterocycles. The highest BCUT2D eigenvalue weighted by molar-refractivity contribution is 5.22. The summed E-state index contributed by atoms with van der Waals surface area (Å²) in [6.45, 7) is 4.32. The van der Waals surface area contributed by atoms with Gasteiger partial charge >= 0.3 is 0 Å². The number of aryl methyl sites for hydroxylation is 1. The van der Waals surface area contributed by atoms with Gasteiger partial charge in [0.1, 0.15) is 0 Å². The molecule has 1 aromatic rings. The molecule has 0 aliphatic heterocycles. The van der Waals surface area contributed by atoms with Gasteiger partial charge in [-0.25, -0.2) is 0 Å². The third kappa shape index (κ3) is 1.48. The molecule has 3 nitrogen and oxygen atoms in total. The van der Waals surface area contributed by atoms with Crippen LogP contribution in [-0.4, -0.2) is 15.8 Å². The fraction of sp³-hybridized carbons (Fsp3) is 0.700. The lowest BCUT2D eigenvalue weighted by Gasteiger charge is -2.20. The smallest absolute Gasteiger partial charge is 0.0524 e. The van der Waals surface area contributed by atoms with Crippen LogP contribution in [0.15, 0.2) is 6.20 Å². The van der Waals surface area contributed by atoms with Crippen LogP contribution in [0.25, 0.3) is 0 Å². The van der Waals surface area contributed by atoms with E-state index in [0.717, 1.165) is 19.3 Å². The van der Waals surface area contributed by atoms with Gasteiger partial charge in [0.15, 0.2) is 0 Å². The second-order valence-electron chi connectivity index (χ2n) is 4.16. The van der Waals surface area contributed by atoms with Gasteiger partial charge in [0.25, 0.3) is 0 Å². The first-order chi connectivity index (χ1) is 6.18. The van der Waals surface area contributed by atoms with Gasteiger partial charge in [-0.1, -0.05) is 0 Å². The fourth-order valence-electron chi connectivity index (χ4n) is 1.99. The van der Waals surface area contributed by atoms with Crippen molar-refractivity contribution in [3.05, 3.63) is 17.5 Å². The van der Waals surface area contributed by atoms with E-state index in [2.05, 4.69) is 23.6 Å². The molecular formula is C10H17N3. The van der Waals surface area contributed by atoms with E-state index in [-0.39, 0.29) is 0 Å². The van der Waals surface area contributed by atoms with Crippen LogP contribution in [0.3, 0.4) is 0 Å². The third-order valence-corrected chi connectivity index (χ3v) is 2.71. The number of nitrogens with two attached hydrogens (primary N) is 1. The topological polar surface area (TPSA) is 43.8 Å². The number of nitrogens with zero attached hydrogens (tertiary/aromatic N) is 2. The van der Waals surface area contributed by atoms with Gasteiger partial charge in [-0.3, -0.25) is 4.68 Å². The summed E-state index contributed by atoms with van der Waals surface area (Å²) in [7, 11) is 0. The molecule has 0 radical (unpaired) electrons. The Labute approximate surface area is 78.9 Å². The summed E-state index contributed by atoms with van der Waals surface area (Å²) in [4.78, 5) is 0. The maximum absolute atomic E-state index is 5.94. The molecule has 0 aromatic carbocycles. The molecule has 1 aliphatic rings. The van der Waals surface area contributed by atoms with Crippen molar-refractivity contribution in [2.75, 3.05) is 0 Å². The predicted octanol–water partition coefficient (Wildman–Crippen LogP) is 1.28. The maximum atomic E-state index is 5.94. The molecule has 0 saturated carbocycles. The second-order valence-corrected chi connectivity index (χ2v) is 4.16. The van der Waals surface area contributed by atoms with Crippen LogP contribution in [0.1, 0.15) is 37.6 Å². The van der Waals surface area contributed by atoms with Gasteiger partial charge in [0.2, 0.25) is 0 Å². The summed E-state index contributed by atoms with van der Waals surface area (Å²) in [5, 5.41) is 4.39. The molecule has 2 N–H and O–H groups in total. The molecule has 0 amide bonds. The van der Waals surface area contributed by atoms with Crippen molar-refractivity contribution in [3.8, 4) is 0 Å². The zero-order chi connectivity index (χ0) is 9.42. The quantitative estimate of drug-likeness (QED) is 0.705. The van der Waals surface area contributed by atoms with E-state index in [0.29, 0.717) is 12.1 Å². The summed E-state index contributed by atoms with van der Waals surface area (Å²) in [6.07, 6.45) is 5.20. The minimum absolute atomic E-state index is 0.335. The molecule has 0 saturated heterocycles. The number of aromatic nitrogens is 2. The Morgan fingerprint density at radius 3 is 3.08 bits per heavy atom. The van der Waals surface area contributed by atoms with Crippen LogP contribution >= 0.6 is 0 Å². The van der Waals surface area contributed by atoms with Crippen molar-refractivity contribution in [2.24, 2.45) is 5.73 Å². The Bertz CT molecular complexity index is 301. The van der Waals surface area contributed by atoms with E-state index in [4.69, 9.17) is 5.73 Å². The molecule has 72 valence electrons. The van der Waals surface area contributed by atoms with Crippen LogP contribution in [0.5, 0.6) is 0 Å². The molecule has 0 bridgehead atoms. The highest BCUT2D eigenvalue weighted by Crippen LogP contribution is 2.22. The predicted molar refractivity (Wildman–Crippen MR) is 52.6 cm³/mol. The standard InChI is InChI=1S/C10H17N3/c1-7(2)13-10-5-9(11)4-3-8(10)6-12-13/h6-7,9H,3-5,11H2,1-2H3/t9-/m0/s1. The van der Waals surface area contributed by atoms with Gasteiger partial charge in [-0.2, -0.15) is 5.10 Å². The van der Waals surface area contributed by atoms with Gasteiger partial charge in [-0.05, 0) is 32.3 Å². The normalized spacial score (nSPS) is 22.0. The van der Waals surface area contributed by atoms with E-state index < -0.39 is 0 Å². The van der Waals surface area contributed by atoms with Crippen LogP contribution < -0.4 is 5.73 Å². The molecule has 1 atom stereocenters. The Balaban J connectivity index is 2.35. The number of hydrogen-bond donors (Lipinski definition) is 1. The molecule has 2 rings (SSSR count). The Morgan fingerprint density at radius 2 is 2.38 bits per heavy atom. The first kappa shape index (κ1) is 8.75. The maximum Gasteiger partial charge on any atom is 0.0524 e. The average Bonchev–Trinajstić information content (AvgIpc) is 2.46. The first-order valence-electron chi connectivity index (χ1n) is 4.99. The molecule has 1 heterocycles. The van der Waals surface area contributed by atoms with Gasteiger partial charge < -0.3 is 5.73 Å². The Hall–Kier alpha value is -0.830. The lowest BCUT2D eigenvalue weighted by molar-refractivity contribution is 0.476. The first-order valence-corrected chi connectivity index (χ1v) is 4.99. The summed E-state index contributed by atoms with van der Waals surface area (Å²) >= 11 is 0. The Kier molecular flexibility index (Phi) is 2.12. The third-order valence-electron chi connectivity index (χ3n) is 2.71. The largest absolute Gasteiger partial charge is 0.327 e. The average molecular weight is 179 g/mol. The fourth-order valence-corrected chi connectivity index (χ4v) is 1.99. The van der Waals surface area contributed by atoms with Crippen LogP contribution in [0.2, 0.25) is 0 Å². The molecule has 0 unspecified atom stereocenters. The van der Waals surface area contributed by atoms with Crippen molar-refractivity contribution in [2.45, 2.75) is 45.2 Å². The van der Waals surface area contributed by atoms with E-state index in [1.807, 2.05) is 6.20 Å². The van der Waals surface area contributed by atoms with E-state index >= 15 is 0 Å². The highest BCUT2D eigenvalue weighted by Gasteiger charge is 2.20. The molecule has 1 aliphatic carbocycles. The van der Waals surface area contributed by atoms with Crippen molar-refractivity contribution < 1.29 is 0 Å². The molecule has 3 heteroatoms. The van der Waals surface area contributed by atoms with Gasteiger partial charge in [-0.15, -0.1) is 0 Å². The van der Waals surface area contributed by atoms with Gasteiger partial charge in [0, 0.05) is 24.2 Å². The van der Waals surface area contributed by atoms with Crippen LogP contribution in [-0.2, 0) is 12.8 Å². The lowest BCUT2D eigenvalue weighted by Crippen LogP contribution is -2.29. The van der Waals surface area contributed by atoms with Crippen LogP contribution in [0, 0.1) is 0 Å². The van der Waals surface area contributed by atoms with Gasteiger partial charge in [0.05, 0.1) is 6.20 Å². The summed E-state index contributed by atoms with van der Waals surface area (Å²) in [5.74, 6) is 0. The molecular weight excluding hydrogens is 162 g/mol. The highest BCUT2D eigenvalue weighted by atomic mass is 15.3. The summed E-state index contributed by atoms with van der Waals surface area (Å²) < 4.78 is 2.11. The monoisotopic (exact) mass is 179 g/mol. The van der Waals surface area contributed by atoms with Crippen molar-refractivity contribution >= 4 is 0 Å². The Morgan fingerprint density at radius 1 is 1.62 bits per heavy atom. The van der Waals surface area contributed by atoms with E-state index in [1.165, 1.54) is 11.3 Å². The molecule has 0 spiro atoms. The van der Waals surface area contributed by atoms with E-state index in [9.17, 15) is 0 Å². The minimum Gasteiger partial charge on any atom is -0.327 e. The second kappa shape index (κ2) is 3.14. The zero-order valence-corrected chi connectivity index (χ0v) is 8.33.